The van der Waals surface area contributed by atoms with Crippen LogP contribution in [0.4, 0.5) is 24.5 Å². The molecule has 2 aromatic rings. The SMILES string of the molecule is CC1=NN(c2cccc(C(F)(F)F)c2)C(=O)/C1=C\c1ccc(O)c([N+](=O)[O-])c1. The van der Waals surface area contributed by atoms with Gasteiger partial charge in [0.25, 0.3) is 5.91 Å². The minimum atomic E-state index is -4.57. The van der Waals surface area contributed by atoms with Crippen molar-refractivity contribution in [1.82, 2.24) is 0 Å². The average Bonchev–Trinajstić information content (AvgIpc) is 2.90. The predicted molar refractivity (Wildman–Crippen MR) is 94.8 cm³/mol. The number of amides is 1. The highest BCUT2D eigenvalue weighted by Crippen LogP contribution is 2.34. The molecule has 0 atom stereocenters. The van der Waals surface area contributed by atoms with E-state index in [2.05, 4.69) is 5.10 Å². The molecule has 0 unspecified atom stereocenters. The van der Waals surface area contributed by atoms with Gasteiger partial charge < -0.3 is 5.11 Å². The number of halogens is 3. The minimum absolute atomic E-state index is 0.0562. The fraction of sp³-hybridized carbons (Fsp3) is 0.111. The van der Waals surface area contributed by atoms with Crippen molar-refractivity contribution in [1.29, 1.82) is 0 Å². The lowest BCUT2D eigenvalue weighted by molar-refractivity contribution is -0.385. The molecule has 0 saturated carbocycles. The van der Waals surface area contributed by atoms with Crippen LogP contribution in [0.1, 0.15) is 18.1 Å². The lowest BCUT2D eigenvalue weighted by atomic mass is 10.1. The van der Waals surface area contributed by atoms with Crippen LogP contribution in [0.5, 0.6) is 5.75 Å². The van der Waals surface area contributed by atoms with E-state index in [9.17, 15) is 33.2 Å². The minimum Gasteiger partial charge on any atom is -0.502 e. The predicted octanol–water partition coefficient (Wildman–Crippen LogP) is 4.13. The van der Waals surface area contributed by atoms with Crippen LogP contribution in [0.2, 0.25) is 0 Å². The van der Waals surface area contributed by atoms with Crippen LogP contribution in [0.25, 0.3) is 6.08 Å². The van der Waals surface area contributed by atoms with Gasteiger partial charge in [-0.15, -0.1) is 0 Å². The zero-order chi connectivity index (χ0) is 20.6. The van der Waals surface area contributed by atoms with E-state index < -0.39 is 34.0 Å². The van der Waals surface area contributed by atoms with Gasteiger partial charge >= 0.3 is 11.9 Å². The first kappa shape index (κ1) is 19.1. The van der Waals surface area contributed by atoms with Crippen molar-refractivity contribution in [2.75, 3.05) is 5.01 Å². The van der Waals surface area contributed by atoms with Crippen molar-refractivity contribution in [3.05, 3.63) is 69.3 Å². The molecule has 0 fully saturated rings. The monoisotopic (exact) mass is 391 g/mol. The number of phenols is 1. The maximum Gasteiger partial charge on any atom is 0.416 e. The Hall–Kier alpha value is -3.69. The van der Waals surface area contributed by atoms with Crippen LogP contribution in [0.15, 0.2) is 53.1 Å². The van der Waals surface area contributed by atoms with Gasteiger partial charge in [0.2, 0.25) is 0 Å². The van der Waals surface area contributed by atoms with Crippen molar-refractivity contribution in [2.45, 2.75) is 13.1 Å². The van der Waals surface area contributed by atoms with Crippen LogP contribution in [-0.4, -0.2) is 21.6 Å². The third-order valence-corrected chi connectivity index (χ3v) is 3.99. The van der Waals surface area contributed by atoms with E-state index in [1.165, 1.54) is 31.2 Å². The van der Waals surface area contributed by atoms with E-state index in [0.29, 0.717) is 0 Å². The number of rotatable bonds is 3. The normalized spacial score (nSPS) is 15.9. The summed E-state index contributed by atoms with van der Waals surface area (Å²) in [6, 6.07) is 7.73. The summed E-state index contributed by atoms with van der Waals surface area (Å²) in [7, 11) is 0. The molecule has 0 aliphatic carbocycles. The van der Waals surface area contributed by atoms with E-state index in [1.807, 2.05) is 0 Å². The number of carbonyl (C=O) groups is 1. The number of nitro groups is 1. The maximum absolute atomic E-state index is 12.9. The molecule has 28 heavy (non-hydrogen) atoms. The number of benzene rings is 2. The quantitative estimate of drug-likeness (QED) is 0.483. The highest BCUT2D eigenvalue weighted by atomic mass is 19.4. The van der Waals surface area contributed by atoms with Crippen LogP contribution >= 0.6 is 0 Å². The number of anilines is 1. The Balaban J connectivity index is 1.97. The van der Waals surface area contributed by atoms with Gasteiger partial charge in [-0.3, -0.25) is 14.9 Å². The van der Waals surface area contributed by atoms with Gasteiger partial charge in [0.15, 0.2) is 5.75 Å². The van der Waals surface area contributed by atoms with Gasteiger partial charge in [-0.25, -0.2) is 0 Å². The Morgan fingerprint density at radius 2 is 1.93 bits per heavy atom. The Kier molecular flexibility index (Phi) is 4.63. The summed E-state index contributed by atoms with van der Waals surface area (Å²) in [5, 5.41) is 25.3. The summed E-state index contributed by atoms with van der Waals surface area (Å²) in [4.78, 5) is 22.8. The fourth-order valence-electron chi connectivity index (χ4n) is 2.62. The van der Waals surface area contributed by atoms with Crippen molar-refractivity contribution in [2.24, 2.45) is 5.10 Å². The average molecular weight is 391 g/mol. The molecule has 1 heterocycles. The second-order valence-corrected chi connectivity index (χ2v) is 5.91. The number of hydrazone groups is 1. The summed E-state index contributed by atoms with van der Waals surface area (Å²) in [6.07, 6.45) is -3.25. The first-order valence-electron chi connectivity index (χ1n) is 7.84. The topological polar surface area (TPSA) is 96.0 Å². The molecule has 1 aliphatic rings. The largest absolute Gasteiger partial charge is 0.502 e. The van der Waals surface area contributed by atoms with E-state index in [4.69, 9.17) is 0 Å². The third kappa shape index (κ3) is 3.56. The third-order valence-electron chi connectivity index (χ3n) is 3.99. The standard InChI is InChI=1S/C18H12F3N3O4/c1-10-14(7-11-5-6-16(25)15(8-11)24(27)28)17(26)23(22-10)13-4-2-3-12(9-13)18(19,20)21/h2-9,25H,1H3/b14-7-. The Labute approximate surface area is 156 Å². The van der Waals surface area contributed by atoms with Crippen molar-refractivity contribution in [3.63, 3.8) is 0 Å². The summed E-state index contributed by atoms with van der Waals surface area (Å²) in [6.45, 7) is 1.49. The molecule has 0 aromatic heterocycles. The van der Waals surface area contributed by atoms with Gasteiger partial charge in [0.05, 0.1) is 27.5 Å². The number of aromatic hydroxyl groups is 1. The van der Waals surface area contributed by atoms with Crippen LogP contribution in [0, 0.1) is 10.1 Å². The van der Waals surface area contributed by atoms with Crippen LogP contribution in [-0.2, 0) is 11.0 Å². The van der Waals surface area contributed by atoms with E-state index in [1.54, 1.807) is 0 Å². The molecule has 3 rings (SSSR count). The lowest BCUT2D eigenvalue weighted by Crippen LogP contribution is -2.21. The second-order valence-electron chi connectivity index (χ2n) is 5.91. The first-order chi connectivity index (χ1) is 13.1. The number of hydrogen-bond acceptors (Lipinski definition) is 5. The van der Waals surface area contributed by atoms with Gasteiger partial charge in [0.1, 0.15) is 0 Å². The highest BCUT2D eigenvalue weighted by molar-refractivity contribution is 6.32. The highest BCUT2D eigenvalue weighted by Gasteiger charge is 2.33. The number of alkyl halides is 3. The zero-order valence-electron chi connectivity index (χ0n) is 14.3. The molecular weight excluding hydrogens is 379 g/mol. The van der Waals surface area contributed by atoms with E-state index in [-0.39, 0.29) is 22.5 Å². The number of carbonyl (C=O) groups excluding carboxylic acids is 1. The molecule has 0 spiro atoms. The van der Waals surface area contributed by atoms with Crippen molar-refractivity contribution < 1.29 is 28.0 Å². The molecule has 1 N–H and O–H groups in total. The Morgan fingerprint density at radius 3 is 2.57 bits per heavy atom. The van der Waals surface area contributed by atoms with Gasteiger partial charge in [0, 0.05) is 6.07 Å². The second kappa shape index (κ2) is 6.80. The summed E-state index contributed by atoms with van der Waals surface area (Å²) >= 11 is 0. The first-order valence-corrected chi connectivity index (χ1v) is 7.84. The van der Waals surface area contributed by atoms with Crippen LogP contribution in [0.3, 0.4) is 0 Å². The van der Waals surface area contributed by atoms with Gasteiger partial charge in [-0.2, -0.15) is 23.3 Å². The van der Waals surface area contributed by atoms with Crippen molar-refractivity contribution >= 4 is 29.1 Å². The molecule has 1 aliphatic heterocycles. The molecule has 2 aromatic carbocycles. The molecule has 7 nitrogen and oxygen atoms in total. The number of nitro benzene ring substituents is 1. The van der Waals surface area contributed by atoms with Crippen molar-refractivity contribution in [3.8, 4) is 5.75 Å². The number of nitrogens with zero attached hydrogens (tertiary/aromatic N) is 3. The molecule has 10 heteroatoms. The Bertz CT molecular complexity index is 1040. The van der Waals surface area contributed by atoms with E-state index in [0.717, 1.165) is 29.3 Å². The number of phenolic OH excluding ortho intramolecular Hbond substituents is 1. The van der Waals surface area contributed by atoms with E-state index >= 15 is 0 Å². The lowest BCUT2D eigenvalue weighted by Gasteiger charge is -2.14. The summed E-state index contributed by atoms with van der Waals surface area (Å²) in [5.41, 5.74) is -0.954. The van der Waals surface area contributed by atoms with Crippen LogP contribution < -0.4 is 5.01 Å². The Morgan fingerprint density at radius 1 is 1.21 bits per heavy atom. The molecular formula is C18H12F3N3O4. The molecule has 0 radical (unpaired) electrons. The fourth-order valence-corrected chi connectivity index (χ4v) is 2.62. The van der Waals surface area contributed by atoms with Gasteiger partial charge in [-0.1, -0.05) is 12.1 Å². The summed E-state index contributed by atoms with van der Waals surface area (Å²) < 4.78 is 38.7. The zero-order valence-corrected chi connectivity index (χ0v) is 14.3. The molecule has 144 valence electrons. The molecule has 1 amide bonds. The summed E-state index contributed by atoms with van der Waals surface area (Å²) in [5.74, 6) is -1.20. The molecule has 0 bridgehead atoms. The smallest absolute Gasteiger partial charge is 0.416 e. The molecule has 0 saturated heterocycles. The van der Waals surface area contributed by atoms with Gasteiger partial charge in [-0.05, 0) is 42.8 Å². The number of hydrogen-bond donors (Lipinski definition) is 1. The maximum atomic E-state index is 12.9.